The van der Waals surface area contributed by atoms with Gasteiger partial charge in [0.25, 0.3) is 5.56 Å². The number of hydrogen-bond donors (Lipinski definition) is 1. The molecular formula is C33H48N4O5. The van der Waals surface area contributed by atoms with Crippen LogP contribution in [0.25, 0.3) is 11.0 Å². The predicted octanol–water partition coefficient (Wildman–Crippen LogP) is 5.94. The number of ether oxygens (including phenoxy) is 1. The Morgan fingerprint density at radius 2 is 1.62 bits per heavy atom. The fourth-order valence-corrected chi connectivity index (χ4v) is 7.77. The highest BCUT2D eigenvalue weighted by Gasteiger charge is 2.43. The smallest absolute Gasteiger partial charge is 0.303 e. The van der Waals surface area contributed by atoms with Crippen molar-refractivity contribution in [1.29, 1.82) is 0 Å². The zero-order valence-electron chi connectivity index (χ0n) is 25.4. The van der Waals surface area contributed by atoms with E-state index >= 15 is 0 Å². The van der Waals surface area contributed by atoms with Crippen molar-refractivity contribution in [3.05, 3.63) is 40.3 Å². The summed E-state index contributed by atoms with van der Waals surface area (Å²) in [7, 11) is 1.57. The van der Waals surface area contributed by atoms with Crippen LogP contribution < -0.4 is 5.56 Å². The van der Waals surface area contributed by atoms with Gasteiger partial charge in [0, 0.05) is 37.7 Å². The first-order valence-electron chi connectivity index (χ1n) is 16.1. The number of piperidine rings is 2. The Morgan fingerprint density at radius 1 is 0.929 bits per heavy atom. The van der Waals surface area contributed by atoms with Crippen molar-refractivity contribution in [2.45, 2.75) is 121 Å². The van der Waals surface area contributed by atoms with Gasteiger partial charge < -0.3 is 19.2 Å². The van der Waals surface area contributed by atoms with Gasteiger partial charge in [-0.1, -0.05) is 62.7 Å². The molecule has 0 spiro atoms. The van der Waals surface area contributed by atoms with Crippen LogP contribution >= 0.6 is 0 Å². The molecular weight excluding hydrogens is 532 g/mol. The summed E-state index contributed by atoms with van der Waals surface area (Å²) in [5, 5.41) is 13.6. The highest BCUT2D eigenvalue weighted by Crippen LogP contribution is 2.43. The topological polar surface area (TPSA) is 106 Å². The molecule has 5 rings (SSSR count). The number of carboxylic acids is 1. The van der Waals surface area contributed by atoms with Crippen molar-refractivity contribution < 1.29 is 19.5 Å². The van der Waals surface area contributed by atoms with E-state index in [0.717, 1.165) is 24.3 Å². The standard InChI is InChI=1S/C33H48N4O5/c1-23-10-5-3-4-6-11-24(20-23)36-25-12-9-13-26(36)22-27(21-25)37-30-15-8-7-14-28(30)34-32(33(37)40)29(16-17-31(38)39)35-42-19-18-41-2/h7-8,14-15,23-27H,3-6,9-13,16-22H2,1-2H3,(H,38,39)/b35-29+/t23-,24-,25-,26+,27?/m1/s1. The van der Waals surface area contributed by atoms with E-state index in [-0.39, 0.29) is 42.5 Å². The second-order valence-electron chi connectivity index (χ2n) is 12.7. The van der Waals surface area contributed by atoms with Crippen molar-refractivity contribution in [2.75, 3.05) is 20.3 Å². The lowest BCUT2D eigenvalue weighted by molar-refractivity contribution is -0.136. The number of fused-ring (bicyclic) bond motifs is 3. The average Bonchev–Trinajstić information content (AvgIpc) is 3.07. The second-order valence-corrected chi connectivity index (χ2v) is 12.7. The zero-order valence-corrected chi connectivity index (χ0v) is 25.4. The highest BCUT2D eigenvalue weighted by atomic mass is 16.6. The van der Waals surface area contributed by atoms with E-state index in [1.54, 1.807) is 7.11 Å². The van der Waals surface area contributed by atoms with Crippen molar-refractivity contribution in [3.8, 4) is 0 Å². The molecule has 1 aromatic heterocycles. The molecule has 1 N–H and O–H groups in total. The zero-order chi connectivity index (χ0) is 29.5. The summed E-state index contributed by atoms with van der Waals surface area (Å²) in [5.41, 5.74) is 1.79. The van der Waals surface area contributed by atoms with Crippen molar-refractivity contribution in [2.24, 2.45) is 11.1 Å². The van der Waals surface area contributed by atoms with Crippen LogP contribution in [0.1, 0.15) is 109 Å². The Hall–Kier alpha value is -2.78. The molecule has 230 valence electrons. The van der Waals surface area contributed by atoms with E-state index in [2.05, 4.69) is 17.0 Å². The van der Waals surface area contributed by atoms with Crippen molar-refractivity contribution >= 4 is 22.7 Å². The molecule has 2 saturated heterocycles. The van der Waals surface area contributed by atoms with Gasteiger partial charge in [0.1, 0.15) is 12.3 Å². The number of carbonyl (C=O) groups is 1. The Kier molecular flexibility index (Phi) is 10.7. The van der Waals surface area contributed by atoms with Gasteiger partial charge in [0.05, 0.1) is 24.1 Å². The lowest BCUT2D eigenvalue weighted by atomic mass is 9.78. The summed E-state index contributed by atoms with van der Waals surface area (Å²) >= 11 is 0. The summed E-state index contributed by atoms with van der Waals surface area (Å²) in [6.07, 6.45) is 14.7. The lowest BCUT2D eigenvalue weighted by Gasteiger charge is -2.53. The Bertz CT molecular complexity index is 1280. The number of nitrogens with zero attached hydrogens (tertiary/aromatic N) is 4. The van der Waals surface area contributed by atoms with E-state index in [0.29, 0.717) is 30.2 Å². The maximum atomic E-state index is 14.3. The number of aliphatic carboxylic acids is 1. The van der Waals surface area contributed by atoms with Crippen LogP contribution in [0.5, 0.6) is 0 Å². The van der Waals surface area contributed by atoms with Crippen LogP contribution in [-0.4, -0.2) is 69.7 Å². The Morgan fingerprint density at radius 3 is 2.36 bits per heavy atom. The minimum Gasteiger partial charge on any atom is -0.481 e. The third-order valence-electron chi connectivity index (χ3n) is 9.65. The first-order chi connectivity index (χ1) is 20.5. The molecule has 1 aliphatic carbocycles. The molecule has 3 aliphatic rings. The Balaban J connectivity index is 1.49. The van der Waals surface area contributed by atoms with Gasteiger partial charge in [-0.3, -0.25) is 14.5 Å². The molecule has 5 atom stereocenters. The average molecular weight is 581 g/mol. The summed E-state index contributed by atoms with van der Waals surface area (Å²) in [6, 6.07) is 9.42. The summed E-state index contributed by atoms with van der Waals surface area (Å²) < 4.78 is 7.00. The number of aromatic nitrogens is 2. The summed E-state index contributed by atoms with van der Waals surface area (Å²) in [4.78, 5) is 38.8. The molecule has 0 radical (unpaired) electrons. The predicted molar refractivity (Wildman–Crippen MR) is 164 cm³/mol. The van der Waals surface area contributed by atoms with Crippen molar-refractivity contribution in [1.82, 2.24) is 14.5 Å². The summed E-state index contributed by atoms with van der Waals surface area (Å²) in [6.45, 7) is 2.98. The van der Waals surface area contributed by atoms with Crippen molar-refractivity contribution in [3.63, 3.8) is 0 Å². The van der Waals surface area contributed by atoms with Gasteiger partial charge in [-0.05, 0) is 56.6 Å². The van der Waals surface area contributed by atoms with Crippen LogP contribution in [0.15, 0.2) is 34.2 Å². The number of para-hydroxylation sites is 2. The van der Waals surface area contributed by atoms with E-state index < -0.39 is 5.97 Å². The number of hydrogen-bond acceptors (Lipinski definition) is 7. The fraction of sp³-hybridized carbons (Fsp3) is 0.697. The highest BCUT2D eigenvalue weighted by molar-refractivity contribution is 6.00. The number of benzene rings is 1. The van der Waals surface area contributed by atoms with Crippen LogP contribution in [0.2, 0.25) is 0 Å². The normalized spacial score (nSPS) is 27.7. The molecule has 42 heavy (non-hydrogen) atoms. The molecule has 3 heterocycles. The van der Waals surface area contributed by atoms with Gasteiger partial charge in [0.2, 0.25) is 0 Å². The maximum absolute atomic E-state index is 14.3. The molecule has 0 amide bonds. The number of rotatable bonds is 10. The van der Waals surface area contributed by atoms with Gasteiger partial charge in [-0.25, -0.2) is 4.98 Å². The first-order valence-corrected chi connectivity index (χ1v) is 16.1. The molecule has 1 saturated carbocycles. The largest absolute Gasteiger partial charge is 0.481 e. The molecule has 2 bridgehead atoms. The minimum absolute atomic E-state index is 0.0552. The number of oxime groups is 1. The fourth-order valence-electron chi connectivity index (χ4n) is 7.77. The van der Waals surface area contributed by atoms with E-state index in [9.17, 15) is 14.7 Å². The third-order valence-corrected chi connectivity index (χ3v) is 9.65. The Labute approximate surface area is 249 Å². The van der Waals surface area contributed by atoms with Crippen LogP contribution in [-0.2, 0) is 14.4 Å². The van der Waals surface area contributed by atoms with Crippen LogP contribution in [0, 0.1) is 5.92 Å². The minimum atomic E-state index is -0.958. The van der Waals surface area contributed by atoms with Crippen LogP contribution in [0.3, 0.4) is 0 Å². The SMILES string of the molecule is COCCO/N=C(\CCC(=O)O)c1nc2ccccc2n(C2C[C@H]3CCC[C@@H](C2)N3[C@@H]2CCCCCC[C@@H](C)C2)c1=O. The maximum Gasteiger partial charge on any atom is 0.303 e. The molecule has 9 heteroatoms. The quantitative estimate of drug-likeness (QED) is 0.211. The third kappa shape index (κ3) is 7.22. The molecule has 9 nitrogen and oxygen atoms in total. The molecule has 2 aromatic rings. The monoisotopic (exact) mass is 580 g/mol. The molecule has 1 unspecified atom stereocenters. The van der Waals surface area contributed by atoms with Gasteiger partial charge >= 0.3 is 5.97 Å². The molecule has 1 aromatic carbocycles. The number of carboxylic acid groups (broad SMARTS) is 1. The van der Waals surface area contributed by atoms with Gasteiger partial charge in [-0.2, -0.15) is 0 Å². The molecule has 3 fully saturated rings. The first kappa shape index (κ1) is 30.7. The summed E-state index contributed by atoms with van der Waals surface area (Å²) in [5.74, 6) is -0.198. The van der Waals surface area contributed by atoms with Crippen LogP contribution in [0.4, 0.5) is 0 Å². The second kappa shape index (κ2) is 14.6. The van der Waals surface area contributed by atoms with Gasteiger partial charge in [-0.15, -0.1) is 0 Å². The van der Waals surface area contributed by atoms with E-state index in [1.165, 1.54) is 64.2 Å². The van der Waals surface area contributed by atoms with E-state index in [1.807, 2.05) is 28.8 Å². The van der Waals surface area contributed by atoms with E-state index in [4.69, 9.17) is 14.6 Å². The molecule has 2 aliphatic heterocycles. The lowest BCUT2D eigenvalue weighted by Crippen LogP contribution is -2.57. The van der Waals surface area contributed by atoms with Gasteiger partial charge in [0.15, 0.2) is 5.69 Å². The number of methoxy groups -OCH3 is 1.